The molecule has 1 aliphatic rings. The molecule has 1 aromatic heterocycles. The van der Waals surface area contributed by atoms with Crippen molar-refractivity contribution in [2.45, 2.75) is 40.0 Å². The van der Waals surface area contributed by atoms with Crippen LogP contribution in [0.5, 0.6) is 0 Å². The minimum atomic E-state index is 0.743. The fourth-order valence-electron chi connectivity index (χ4n) is 3.74. The topological polar surface area (TPSA) is 28.2 Å². The molecule has 160 valence electrons. The van der Waals surface area contributed by atoms with E-state index in [0.29, 0.717) is 0 Å². The zero-order valence-electron chi connectivity index (χ0n) is 18.9. The normalized spacial score (nSPS) is 15.5. The van der Waals surface area contributed by atoms with Gasteiger partial charge >= 0.3 is 0 Å². The monoisotopic (exact) mass is 403 g/mol. The van der Waals surface area contributed by atoms with E-state index in [1.54, 1.807) is 0 Å². The van der Waals surface area contributed by atoms with Crippen molar-refractivity contribution in [2.75, 3.05) is 32.7 Å². The second-order valence-electron chi connectivity index (χ2n) is 8.73. The summed E-state index contributed by atoms with van der Waals surface area (Å²) in [6.45, 7) is 12.0. The van der Waals surface area contributed by atoms with Crippen molar-refractivity contribution in [1.29, 1.82) is 0 Å². The SMILES string of the molecule is Cc1ccc(/C(=C\CN2CCCC2)c2cccc(/C=C/CNCCC(C)C)n2)cc1. The number of hydrogen-bond donors (Lipinski definition) is 1. The maximum atomic E-state index is 4.96. The molecule has 3 rings (SSSR count). The molecule has 1 aromatic carbocycles. The predicted molar refractivity (Wildman–Crippen MR) is 130 cm³/mol. The highest BCUT2D eigenvalue weighted by Gasteiger charge is 2.12. The Bertz CT molecular complexity index is 827. The molecule has 0 amide bonds. The van der Waals surface area contributed by atoms with Gasteiger partial charge in [-0.05, 0) is 75.5 Å². The first-order valence-electron chi connectivity index (χ1n) is 11.5. The van der Waals surface area contributed by atoms with E-state index in [0.717, 1.165) is 36.9 Å². The average Bonchev–Trinajstić information content (AvgIpc) is 3.26. The van der Waals surface area contributed by atoms with Crippen molar-refractivity contribution in [3.63, 3.8) is 0 Å². The van der Waals surface area contributed by atoms with Gasteiger partial charge in [0.05, 0.1) is 11.4 Å². The maximum Gasteiger partial charge on any atom is 0.0712 e. The number of aromatic nitrogens is 1. The number of hydrogen-bond acceptors (Lipinski definition) is 3. The third-order valence-electron chi connectivity index (χ3n) is 5.61. The van der Waals surface area contributed by atoms with Crippen LogP contribution in [0.1, 0.15) is 55.6 Å². The van der Waals surface area contributed by atoms with Crippen molar-refractivity contribution < 1.29 is 0 Å². The molecule has 0 spiro atoms. The van der Waals surface area contributed by atoms with Gasteiger partial charge in [-0.25, -0.2) is 4.98 Å². The van der Waals surface area contributed by atoms with E-state index < -0.39 is 0 Å². The van der Waals surface area contributed by atoms with Crippen molar-refractivity contribution in [1.82, 2.24) is 15.2 Å². The van der Waals surface area contributed by atoms with Crippen LogP contribution in [0.15, 0.2) is 54.6 Å². The number of likely N-dealkylation sites (tertiary alicyclic amines) is 1. The minimum Gasteiger partial charge on any atom is -0.313 e. The summed E-state index contributed by atoms with van der Waals surface area (Å²) in [6, 6.07) is 15.1. The smallest absolute Gasteiger partial charge is 0.0712 e. The van der Waals surface area contributed by atoms with Crippen LogP contribution in [-0.2, 0) is 0 Å². The molecule has 3 heteroatoms. The first-order valence-corrected chi connectivity index (χ1v) is 11.5. The van der Waals surface area contributed by atoms with Crippen LogP contribution in [-0.4, -0.2) is 42.6 Å². The van der Waals surface area contributed by atoms with E-state index in [2.05, 4.69) is 91.7 Å². The van der Waals surface area contributed by atoms with Gasteiger partial charge in [0.15, 0.2) is 0 Å². The number of nitrogens with one attached hydrogen (secondary N) is 1. The molecule has 1 aliphatic heterocycles. The van der Waals surface area contributed by atoms with E-state index in [1.807, 2.05) is 0 Å². The van der Waals surface area contributed by atoms with Gasteiger partial charge in [-0.3, -0.25) is 4.90 Å². The van der Waals surface area contributed by atoms with E-state index >= 15 is 0 Å². The van der Waals surface area contributed by atoms with Gasteiger partial charge in [0, 0.05) is 18.7 Å². The number of benzene rings is 1. The highest BCUT2D eigenvalue weighted by Crippen LogP contribution is 2.23. The molecule has 1 saturated heterocycles. The van der Waals surface area contributed by atoms with E-state index in [4.69, 9.17) is 4.98 Å². The van der Waals surface area contributed by atoms with Crippen LogP contribution in [0.25, 0.3) is 11.6 Å². The largest absolute Gasteiger partial charge is 0.313 e. The molecular weight excluding hydrogens is 366 g/mol. The highest BCUT2D eigenvalue weighted by atomic mass is 15.1. The quantitative estimate of drug-likeness (QED) is 0.526. The van der Waals surface area contributed by atoms with Crippen molar-refractivity contribution in [2.24, 2.45) is 5.92 Å². The minimum absolute atomic E-state index is 0.743. The van der Waals surface area contributed by atoms with Crippen molar-refractivity contribution in [3.05, 3.63) is 77.1 Å². The molecule has 2 aromatic rings. The summed E-state index contributed by atoms with van der Waals surface area (Å²) in [5.74, 6) is 0.743. The molecule has 0 atom stereocenters. The van der Waals surface area contributed by atoms with Gasteiger partial charge in [-0.1, -0.05) is 61.9 Å². The third-order valence-corrected chi connectivity index (χ3v) is 5.61. The molecule has 0 bridgehead atoms. The molecule has 3 nitrogen and oxygen atoms in total. The summed E-state index contributed by atoms with van der Waals surface area (Å²) in [5.41, 5.74) is 5.81. The zero-order chi connectivity index (χ0) is 21.2. The molecule has 1 fully saturated rings. The Morgan fingerprint density at radius 1 is 1.10 bits per heavy atom. The molecule has 0 radical (unpaired) electrons. The van der Waals surface area contributed by atoms with Crippen molar-refractivity contribution in [3.8, 4) is 0 Å². The fraction of sp³-hybridized carbons (Fsp3) is 0.444. The highest BCUT2D eigenvalue weighted by molar-refractivity contribution is 5.78. The predicted octanol–water partition coefficient (Wildman–Crippen LogP) is 5.57. The van der Waals surface area contributed by atoms with Gasteiger partial charge < -0.3 is 5.32 Å². The number of nitrogens with zero attached hydrogens (tertiary/aromatic N) is 2. The van der Waals surface area contributed by atoms with Gasteiger partial charge in [-0.2, -0.15) is 0 Å². The zero-order valence-corrected chi connectivity index (χ0v) is 18.9. The Labute approximate surface area is 182 Å². The molecule has 2 heterocycles. The second kappa shape index (κ2) is 11.8. The van der Waals surface area contributed by atoms with Crippen LogP contribution in [0, 0.1) is 12.8 Å². The van der Waals surface area contributed by atoms with E-state index in [-0.39, 0.29) is 0 Å². The molecular formula is C27H37N3. The van der Waals surface area contributed by atoms with Crippen LogP contribution in [0.4, 0.5) is 0 Å². The number of pyridine rings is 1. The maximum absolute atomic E-state index is 4.96. The first-order chi connectivity index (χ1) is 14.6. The molecule has 30 heavy (non-hydrogen) atoms. The first kappa shape index (κ1) is 22.5. The van der Waals surface area contributed by atoms with Gasteiger partial charge in [0.25, 0.3) is 0 Å². The Hall–Kier alpha value is -2.23. The average molecular weight is 404 g/mol. The van der Waals surface area contributed by atoms with Crippen LogP contribution < -0.4 is 5.32 Å². The molecule has 0 aliphatic carbocycles. The Balaban J connectivity index is 1.73. The van der Waals surface area contributed by atoms with E-state index in [1.165, 1.54) is 49.1 Å². The Morgan fingerprint density at radius 2 is 1.87 bits per heavy atom. The van der Waals surface area contributed by atoms with Gasteiger partial charge in [-0.15, -0.1) is 0 Å². The molecule has 0 unspecified atom stereocenters. The third kappa shape index (κ3) is 7.23. The van der Waals surface area contributed by atoms with Crippen LogP contribution in [0.2, 0.25) is 0 Å². The summed E-state index contributed by atoms with van der Waals surface area (Å²) in [7, 11) is 0. The Morgan fingerprint density at radius 3 is 2.60 bits per heavy atom. The van der Waals surface area contributed by atoms with E-state index in [9.17, 15) is 0 Å². The lowest BCUT2D eigenvalue weighted by Crippen LogP contribution is -2.19. The molecule has 0 saturated carbocycles. The summed E-state index contributed by atoms with van der Waals surface area (Å²) in [4.78, 5) is 7.49. The summed E-state index contributed by atoms with van der Waals surface area (Å²) in [5, 5.41) is 3.48. The lowest BCUT2D eigenvalue weighted by atomic mass is 10.00. The summed E-state index contributed by atoms with van der Waals surface area (Å²) >= 11 is 0. The fourth-order valence-corrected chi connectivity index (χ4v) is 3.74. The molecule has 1 N–H and O–H groups in total. The lowest BCUT2D eigenvalue weighted by molar-refractivity contribution is 0.377. The number of rotatable bonds is 10. The van der Waals surface area contributed by atoms with Crippen LogP contribution >= 0.6 is 0 Å². The standard InChI is InChI=1S/C27H37N3/c1-22(2)15-18-28-17-7-9-25-8-6-10-27(29-25)26(16-21-30-19-4-5-20-30)24-13-11-23(3)12-14-24/h6-14,16,22,28H,4-5,15,17-21H2,1-3H3/b9-7+,26-16+. The van der Waals surface area contributed by atoms with Crippen LogP contribution in [0.3, 0.4) is 0 Å². The second-order valence-corrected chi connectivity index (χ2v) is 8.73. The lowest BCUT2D eigenvalue weighted by Gasteiger charge is -2.14. The number of aryl methyl sites for hydroxylation is 1. The summed E-state index contributed by atoms with van der Waals surface area (Å²) in [6.07, 6.45) is 10.5. The summed E-state index contributed by atoms with van der Waals surface area (Å²) < 4.78 is 0. The van der Waals surface area contributed by atoms with Gasteiger partial charge in [0.2, 0.25) is 0 Å². The Kier molecular flexibility index (Phi) is 8.85. The van der Waals surface area contributed by atoms with Crippen molar-refractivity contribution >= 4 is 11.6 Å². The van der Waals surface area contributed by atoms with Gasteiger partial charge in [0.1, 0.15) is 0 Å².